The molecule has 148 valence electrons. The molecule has 0 N–H and O–H groups in total. The van der Waals surface area contributed by atoms with E-state index in [1.807, 2.05) is 31.2 Å². The van der Waals surface area contributed by atoms with Crippen LogP contribution in [0.5, 0.6) is 0 Å². The second kappa shape index (κ2) is 8.72. The van der Waals surface area contributed by atoms with E-state index in [1.54, 1.807) is 11.3 Å². The molecule has 4 rings (SSSR count). The highest BCUT2D eigenvalue weighted by atomic mass is 32.1. The molecule has 0 spiro atoms. The van der Waals surface area contributed by atoms with Gasteiger partial charge in [0.1, 0.15) is 0 Å². The Kier molecular flexibility index (Phi) is 5.88. The average molecular weight is 405 g/mol. The fraction of sp³-hybridized carbons (Fsp3) is 0.250. The lowest BCUT2D eigenvalue weighted by Gasteiger charge is -2.06. The Morgan fingerprint density at radius 3 is 2.79 bits per heavy atom. The molecule has 5 heteroatoms. The third-order valence-corrected chi connectivity index (χ3v) is 5.98. The number of fused-ring (bicyclic) bond motifs is 2. The summed E-state index contributed by atoms with van der Waals surface area (Å²) in [5, 5.41) is 2.25. The molecule has 4 aromatic rings. The second-order valence-electron chi connectivity index (χ2n) is 7.02. The summed E-state index contributed by atoms with van der Waals surface area (Å²) in [6.45, 7) is 6.01. The number of thiazole rings is 1. The van der Waals surface area contributed by atoms with E-state index >= 15 is 0 Å². The summed E-state index contributed by atoms with van der Waals surface area (Å²) in [6.07, 6.45) is 0.292. The third-order valence-electron chi connectivity index (χ3n) is 4.94. The molecule has 0 radical (unpaired) electrons. The van der Waals surface area contributed by atoms with Gasteiger partial charge in [0.25, 0.3) is 5.91 Å². The van der Waals surface area contributed by atoms with Crippen molar-refractivity contribution in [2.75, 3.05) is 13.2 Å². The van der Waals surface area contributed by atoms with E-state index in [4.69, 9.17) is 4.74 Å². The summed E-state index contributed by atoms with van der Waals surface area (Å²) in [6, 6.07) is 20.5. The number of carbonyl (C=O) groups excluding carboxylic acids is 1. The van der Waals surface area contributed by atoms with E-state index in [9.17, 15) is 4.79 Å². The molecular weight excluding hydrogens is 380 g/mol. The van der Waals surface area contributed by atoms with Gasteiger partial charge < -0.3 is 9.30 Å². The van der Waals surface area contributed by atoms with E-state index in [1.165, 1.54) is 5.56 Å². The summed E-state index contributed by atoms with van der Waals surface area (Å²) < 4.78 is 8.77. The van der Waals surface area contributed by atoms with Crippen molar-refractivity contribution in [3.8, 4) is 0 Å². The zero-order valence-corrected chi connectivity index (χ0v) is 17.5. The van der Waals surface area contributed by atoms with Gasteiger partial charge in [0.05, 0.1) is 23.2 Å². The van der Waals surface area contributed by atoms with Gasteiger partial charge in [-0.2, -0.15) is 4.99 Å². The van der Waals surface area contributed by atoms with Gasteiger partial charge in [-0.3, -0.25) is 4.79 Å². The molecule has 29 heavy (non-hydrogen) atoms. The van der Waals surface area contributed by atoms with E-state index < -0.39 is 0 Å². The van der Waals surface area contributed by atoms with Gasteiger partial charge in [0, 0.05) is 13.2 Å². The second-order valence-corrected chi connectivity index (χ2v) is 8.03. The van der Waals surface area contributed by atoms with Crippen molar-refractivity contribution in [2.24, 2.45) is 4.99 Å². The molecule has 4 nitrogen and oxygen atoms in total. The fourth-order valence-corrected chi connectivity index (χ4v) is 4.71. The lowest BCUT2D eigenvalue weighted by Crippen LogP contribution is -2.20. The largest absolute Gasteiger partial charge is 0.380 e. The summed E-state index contributed by atoms with van der Waals surface area (Å²) in [5.74, 6) is -0.130. The van der Waals surface area contributed by atoms with Crippen LogP contribution in [0.3, 0.4) is 0 Å². The van der Waals surface area contributed by atoms with Crippen molar-refractivity contribution in [1.29, 1.82) is 0 Å². The van der Waals surface area contributed by atoms with Crippen molar-refractivity contribution in [1.82, 2.24) is 4.57 Å². The van der Waals surface area contributed by atoms with Crippen molar-refractivity contribution < 1.29 is 9.53 Å². The number of hydrogen-bond acceptors (Lipinski definition) is 3. The molecule has 0 atom stereocenters. The van der Waals surface area contributed by atoms with Crippen molar-refractivity contribution in [3.05, 3.63) is 76.6 Å². The van der Waals surface area contributed by atoms with Gasteiger partial charge in [0.2, 0.25) is 0 Å². The lowest BCUT2D eigenvalue weighted by molar-refractivity contribution is -0.117. The highest BCUT2D eigenvalue weighted by Gasteiger charge is 2.10. The number of nitrogens with zero attached hydrogens (tertiary/aromatic N) is 2. The lowest BCUT2D eigenvalue weighted by atomic mass is 10.0. The molecule has 0 unspecified atom stereocenters. The molecule has 0 aliphatic carbocycles. The van der Waals surface area contributed by atoms with E-state index in [2.05, 4.69) is 52.9 Å². The van der Waals surface area contributed by atoms with Gasteiger partial charge in [-0.15, -0.1) is 0 Å². The summed E-state index contributed by atoms with van der Waals surface area (Å²) >= 11 is 1.56. The van der Waals surface area contributed by atoms with Crippen molar-refractivity contribution in [3.63, 3.8) is 0 Å². The smallest absolute Gasteiger partial charge is 0.252 e. The number of aryl methyl sites for hydroxylation is 1. The number of amides is 1. The summed E-state index contributed by atoms with van der Waals surface area (Å²) in [5.41, 5.74) is 3.30. The van der Waals surface area contributed by atoms with Gasteiger partial charge >= 0.3 is 0 Å². The topological polar surface area (TPSA) is 43.6 Å². The molecular formula is C24H24N2O2S. The van der Waals surface area contributed by atoms with Crippen LogP contribution in [0.2, 0.25) is 0 Å². The minimum Gasteiger partial charge on any atom is -0.380 e. The van der Waals surface area contributed by atoms with Crippen LogP contribution in [0.4, 0.5) is 0 Å². The minimum absolute atomic E-state index is 0.130. The Balaban J connectivity index is 1.70. The molecule has 1 amide bonds. The van der Waals surface area contributed by atoms with Crippen LogP contribution in [0.25, 0.3) is 21.0 Å². The van der Waals surface area contributed by atoms with Crippen LogP contribution in [-0.4, -0.2) is 23.7 Å². The molecule has 0 bridgehead atoms. The number of carbonyl (C=O) groups is 1. The molecule has 0 fully saturated rings. The van der Waals surface area contributed by atoms with Gasteiger partial charge in [-0.25, -0.2) is 0 Å². The molecule has 0 saturated heterocycles. The van der Waals surface area contributed by atoms with Gasteiger partial charge in [-0.1, -0.05) is 59.9 Å². The maximum atomic E-state index is 12.8. The number of hydrogen-bond donors (Lipinski definition) is 0. The highest BCUT2D eigenvalue weighted by Crippen LogP contribution is 2.20. The molecule has 1 heterocycles. The SMILES string of the molecule is CCOCCn1c(=NC(=O)Cc2cccc3ccccc23)sc2cc(C)ccc21. The third kappa shape index (κ3) is 4.31. The van der Waals surface area contributed by atoms with Crippen LogP contribution in [-0.2, 0) is 22.5 Å². The van der Waals surface area contributed by atoms with Crippen LogP contribution < -0.4 is 4.80 Å². The molecule has 0 aliphatic rings. The van der Waals surface area contributed by atoms with E-state index in [-0.39, 0.29) is 5.91 Å². The molecule has 0 aliphatic heterocycles. The van der Waals surface area contributed by atoms with E-state index in [0.29, 0.717) is 26.2 Å². The Morgan fingerprint density at radius 2 is 1.93 bits per heavy atom. The number of rotatable bonds is 6. The average Bonchev–Trinajstić information content (AvgIpc) is 3.04. The Bertz CT molecular complexity index is 1230. The first kappa shape index (κ1) is 19.6. The minimum atomic E-state index is -0.130. The predicted molar refractivity (Wildman–Crippen MR) is 119 cm³/mol. The maximum Gasteiger partial charge on any atom is 0.252 e. The Hall–Kier alpha value is -2.76. The van der Waals surface area contributed by atoms with Crippen LogP contribution in [0, 0.1) is 6.92 Å². The first-order valence-corrected chi connectivity index (χ1v) is 10.7. The zero-order valence-electron chi connectivity index (χ0n) is 16.7. The van der Waals surface area contributed by atoms with Crippen molar-refractivity contribution in [2.45, 2.75) is 26.8 Å². The van der Waals surface area contributed by atoms with Crippen LogP contribution in [0.1, 0.15) is 18.1 Å². The normalized spacial score (nSPS) is 12.1. The van der Waals surface area contributed by atoms with Crippen LogP contribution in [0.15, 0.2) is 65.7 Å². The van der Waals surface area contributed by atoms with Crippen LogP contribution >= 0.6 is 11.3 Å². The summed E-state index contributed by atoms with van der Waals surface area (Å²) in [7, 11) is 0. The fourth-order valence-electron chi connectivity index (χ4n) is 3.54. The van der Waals surface area contributed by atoms with E-state index in [0.717, 1.165) is 31.4 Å². The first-order valence-electron chi connectivity index (χ1n) is 9.87. The number of aromatic nitrogens is 1. The predicted octanol–water partition coefficient (Wildman–Crippen LogP) is 4.87. The molecule has 1 aromatic heterocycles. The molecule has 3 aromatic carbocycles. The Morgan fingerprint density at radius 1 is 1.10 bits per heavy atom. The number of benzene rings is 3. The quantitative estimate of drug-likeness (QED) is 0.430. The Labute approximate surface area is 174 Å². The first-order chi connectivity index (χ1) is 14.2. The maximum absolute atomic E-state index is 12.8. The van der Waals surface area contributed by atoms with Gasteiger partial charge in [0.15, 0.2) is 4.80 Å². The standard InChI is InChI=1S/C24H24N2O2S/c1-3-28-14-13-26-21-12-11-17(2)15-22(21)29-24(26)25-23(27)16-19-9-6-8-18-7-4-5-10-20(18)19/h4-12,15H,3,13-14,16H2,1-2H3. The van der Waals surface area contributed by atoms with Gasteiger partial charge in [-0.05, 0) is 47.9 Å². The monoisotopic (exact) mass is 404 g/mol. The highest BCUT2D eigenvalue weighted by molar-refractivity contribution is 7.16. The van der Waals surface area contributed by atoms with Crippen molar-refractivity contribution >= 4 is 38.2 Å². The zero-order chi connectivity index (χ0) is 20.2. The number of ether oxygens (including phenoxy) is 1. The summed E-state index contributed by atoms with van der Waals surface area (Å²) in [4.78, 5) is 18.1. The molecule has 0 saturated carbocycles.